The van der Waals surface area contributed by atoms with E-state index in [0.717, 1.165) is 5.56 Å². The zero-order valence-corrected chi connectivity index (χ0v) is 15.6. The molecule has 0 aliphatic carbocycles. The van der Waals surface area contributed by atoms with Gasteiger partial charge in [0.25, 0.3) is 5.91 Å². The third kappa shape index (κ3) is 4.11. The van der Waals surface area contributed by atoms with Crippen molar-refractivity contribution in [2.75, 3.05) is 12.4 Å². The first-order valence-corrected chi connectivity index (χ1v) is 8.83. The Bertz CT molecular complexity index is 864. The maximum Gasteiger partial charge on any atom is 0.256 e. The number of imide groups is 1. The standard InChI is InChI=1S/C19H17BrN2O4/c1-26-14-6-7-16(20)15(10-14)19(25)21-13-4-2-11(3-5-13)8-12-9-17(23)22-18(12)24/h2-7,10,12H,8-9H2,1H3,(H,21,25)(H,22,23,24). The summed E-state index contributed by atoms with van der Waals surface area (Å²) in [7, 11) is 1.54. The van der Waals surface area contributed by atoms with Gasteiger partial charge in [0.1, 0.15) is 5.75 Å². The molecule has 26 heavy (non-hydrogen) atoms. The highest BCUT2D eigenvalue weighted by Gasteiger charge is 2.30. The van der Waals surface area contributed by atoms with Crippen LogP contribution >= 0.6 is 15.9 Å². The largest absolute Gasteiger partial charge is 0.497 e. The Balaban J connectivity index is 1.66. The number of anilines is 1. The Morgan fingerprint density at radius 2 is 1.96 bits per heavy atom. The van der Waals surface area contributed by atoms with Gasteiger partial charge in [-0.05, 0) is 58.2 Å². The van der Waals surface area contributed by atoms with Gasteiger partial charge in [-0.2, -0.15) is 0 Å². The van der Waals surface area contributed by atoms with Crippen LogP contribution in [0.4, 0.5) is 5.69 Å². The van der Waals surface area contributed by atoms with E-state index in [1.165, 1.54) is 0 Å². The van der Waals surface area contributed by atoms with Crippen molar-refractivity contribution < 1.29 is 19.1 Å². The number of hydrogen-bond acceptors (Lipinski definition) is 4. The van der Waals surface area contributed by atoms with E-state index in [4.69, 9.17) is 4.74 Å². The zero-order chi connectivity index (χ0) is 18.7. The molecule has 0 bridgehead atoms. The first-order valence-electron chi connectivity index (χ1n) is 8.04. The van der Waals surface area contributed by atoms with Crippen LogP contribution in [0.5, 0.6) is 5.75 Å². The molecular formula is C19H17BrN2O4. The topological polar surface area (TPSA) is 84.5 Å². The van der Waals surface area contributed by atoms with E-state index in [-0.39, 0.29) is 30.1 Å². The van der Waals surface area contributed by atoms with Crippen LogP contribution in [0, 0.1) is 5.92 Å². The molecule has 1 aliphatic heterocycles. The summed E-state index contributed by atoms with van der Waals surface area (Å²) in [6, 6.07) is 12.4. The average molecular weight is 417 g/mol. The fourth-order valence-electron chi connectivity index (χ4n) is 2.78. The molecule has 7 heteroatoms. The number of carbonyl (C=O) groups is 3. The van der Waals surface area contributed by atoms with Crippen molar-refractivity contribution in [2.45, 2.75) is 12.8 Å². The molecule has 2 aromatic carbocycles. The van der Waals surface area contributed by atoms with E-state index in [9.17, 15) is 14.4 Å². The molecule has 0 aromatic heterocycles. The van der Waals surface area contributed by atoms with Crippen molar-refractivity contribution in [2.24, 2.45) is 5.92 Å². The average Bonchev–Trinajstić information content (AvgIpc) is 2.94. The highest BCUT2D eigenvalue weighted by Crippen LogP contribution is 2.24. The molecule has 3 amide bonds. The van der Waals surface area contributed by atoms with Crippen molar-refractivity contribution in [3.05, 3.63) is 58.1 Å². The van der Waals surface area contributed by atoms with Crippen LogP contribution in [0.15, 0.2) is 46.9 Å². The first kappa shape index (κ1) is 18.1. The van der Waals surface area contributed by atoms with Gasteiger partial charge >= 0.3 is 0 Å². The molecule has 1 saturated heterocycles. The van der Waals surface area contributed by atoms with Gasteiger partial charge in [-0.3, -0.25) is 19.7 Å². The SMILES string of the molecule is COc1ccc(Br)c(C(=O)Nc2ccc(CC3CC(=O)NC3=O)cc2)c1. The minimum Gasteiger partial charge on any atom is -0.497 e. The van der Waals surface area contributed by atoms with Crippen LogP contribution < -0.4 is 15.4 Å². The Labute approximate surface area is 159 Å². The van der Waals surface area contributed by atoms with Crippen LogP contribution in [-0.4, -0.2) is 24.8 Å². The summed E-state index contributed by atoms with van der Waals surface area (Å²) in [6.45, 7) is 0. The molecule has 134 valence electrons. The van der Waals surface area contributed by atoms with E-state index in [1.807, 2.05) is 12.1 Å². The van der Waals surface area contributed by atoms with Gasteiger partial charge in [-0.1, -0.05) is 12.1 Å². The molecule has 3 rings (SSSR count). The maximum absolute atomic E-state index is 12.5. The summed E-state index contributed by atoms with van der Waals surface area (Å²) in [6.07, 6.45) is 0.717. The van der Waals surface area contributed by atoms with Gasteiger partial charge in [0.15, 0.2) is 0 Å². The quantitative estimate of drug-likeness (QED) is 0.733. The Kier molecular flexibility index (Phi) is 5.37. The van der Waals surface area contributed by atoms with Gasteiger partial charge in [0.2, 0.25) is 11.8 Å². The smallest absolute Gasteiger partial charge is 0.256 e. The van der Waals surface area contributed by atoms with Gasteiger partial charge in [-0.25, -0.2) is 0 Å². The van der Waals surface area contributed by atoms with E-state index < -0.39 is 0 Å². The van der Waals surface area contributed by atoms with E-state index in [2.05, 4.69) is 26.6 Å². The third-order valence-corrected chi connectivity index (χ3v) is 4.87. The van der Waals surface area contributed by atoms with Gasteiger partial charge < -0.3 is 10.1 Å². The van der Waals surface area contributed by atoms with Crippen molar-refractivity contribution in [1.82, 2.24) is 5.32 Å². The summed E-state index contributed by atoms with van der Waals surface area (Å²) in [5, 5.41) is 5.14. The monoisotopic (exact) mass is 416 g/mol. The lowest BCUT2D eigenvalue weighted by Crippen LogP contribution is -2.22. The summed E-state index contributed by atoms with van der Waals surface area (Å²) in [4.78, 5) is 35.3. The van der Waals surface area contributed by atoms with Crippen LogP contribution in [-0.2, 0) is 16.0 Å². The molecule has 1 unspecified atom stereocenters. The van der Waals surface area contributed by atoms with E-state index in [1.54, 1.807) is 37.4 Å². The van der Waals surface area contributed by atoms with Crippen molar-refractivity contribution in [3.63, 3.8) is 0 Å². The van der Waals surface area contributed by atoms with Gasteiger partial charge in [0.05, 0.1) is 18.6 Å². The molecule has 1 fully saturated rings. The lowest BCUT2D eigenvalue weighted by molar-refractivity contribution is -0.125. The maximum atomic E-state index is 12.5. The lowest BCUT2D eigenvalue weighted by Gasteiger charge is -2.10. The van der Waals surface area contributed by atoms with Crippen LogP contribution in [0.2, 0.25) is 0 Å². The third-order valence-electron chi connectivity index (χ3n) is 4.18. The molecule has 0 radical (unpaired) electrons. The summed E-state index contributed by atoms with van der Waals surface area (Å²) in [5.41, 5.74) is 2.04. The molecule has 2 aromatic rings. The highest BCUT2D eigenvalue weighted by molar-refractivity contribution is 9.10. The number of carbonyl (C=O) groups excluding carboxylic acids is 3. The number of amides is 3. The molecule has 6 nitrogen and oxygen atoms in total. The molecule has 2 N–H and O–H groups in total. The predicted octanol–water partition coefficient (Wildman–Crippen LogP) is 2.92. The van der Waals surface area contributed by atoms with Crippen LogP contribution in [0.3, 0.4) is 0 Å². The number of hydrogen-bond donors (Lipinski definition) is 2. The Morgan fingerprint density at radius 3 is 2.58 bits per heavy atom. The molecule has 0 saturated carbocycles. The number of methoxy groups -OCH3 is 1. The highest BCUT2D eigenvalue weighted by atomic mass is 79.9. The van der Waals surface area contributed by atoms with Gasteiger partial charge in [-0.15, -0.1) is 0 Å². The zero-order valence-electron chi connectivity index (χ0n) is 14.0. The molecule has 1 atom stereocenters. The molecular weight excluding hydrogens is 400 g/mol. The second-order valence-electron chi connectivity index (χ2n) is 6.01. The second kappa shape index (κ2) is 7.70. The van der Waals surface area contributed by atoms with Gasteiger partial charge in [0, 0.05) is 16.6 Å². The minimum absolute atomic E-state index is 0.223. The molecule has 1 aliphatic rings. The first-order chi connectivity index (χ1) is 12.5. The fraction of sp³-hybridized carbons (Fsp3) is 0.211. The van der Waals surface area contributed by atoms with E-state index in [0.29, 0.717) is 27.9 Å². The number of ether oxygens (including phenoxy) is 1. The van der Waals surface area contributed by atoms with Crippen LogP contribution in [0.25, 0.3) is 0 Å². The minimum atomic E-state index is -0.323. The fourth-order valence-corrected chi connectivity index (χ4v) is 3.21. The second-order valence-corrected chi connectivity index (χ2v) is 6.87. The van der Waals surface area contributed by atoms with Crippen LogP contribution in [0.1, 0.15) is 22.3 Å². The number of rotatable bonds is 5. The van der Waals surface area contributed by atoms with Crippen molar-refractivity contribution >= 4 is 39.3 Å². The Hall–Kier alpha value is -2.67. The normalized spacial score (nSPS) is 16.3. The van der Waals surface area contributed by atoms with Crippen molar-refractivity contribution in [3.8, 4) is 5.75 Å². The predicted molar refractivity (Wildman–Crippen MR) is 100 cm³/mol. The summed E-state index contributed by atoms with van der Waals surface area (Å²) in [5.74, 6) is -0.443. The number of halogens is 1. The summed E-state index contributed by atoms with van der Waals surface area (Å²) < 4.78 is 5.82. The number of nitrogens with one attached hydrogen (secondary N) is 2. The number of benzene rings is 2. The molecule has 0 spiro atoms. The Morgan fingerprint density at radius 1 is 1.23 bits per heavy atom. The lowest BCUT2D eigenvalue weighted by atomic mass is 9.98. The van der Waals surface area contributed by atoms with Crippen molar-refractivity contribution in [1.29, 1.82) is 0 Å². The van der Waals surface area contributed by atoms with E-state index >= 15 is 0 Å². The molecule has 1 heterocycles. The summed E-state index contributed by atoms with van der Waals surface area (Å²) >= 11 is 3.36.